The number of carbonyl (C=O) groups excluding carboxylic acids is 2. The van der Waals surface area contributed by atoms with Crippen molar-refractivity contribution in [1.82, 2.24) is 4.90 Å². The van der Waals surface area contributed by atoms with E-state index in [2.05, 4.69) is 0 Å². The zero-order valence-corrected chi connectivity index (χ0v) is 13.4. The van der Waals surface area contributed by atoms with Gasteiger partial charge in [-0.1, -0.05) is 48.5 Å². The van der Waals surface area contributed by atoms with Crippen molar-refractivity contribution in [3.8, 4) is 5.75 Å². The lowest BCUT2D eigenvalue weighted by molar-refractivity contribution is -0.140. The van der Waals surface area contributed by atoms with Crippen LogP contribution in [0.25, 0.3) is 0 Å². The fourth-order valence-electron chi connectivity index (χ4n) is 2.42. The summed E-state index contributed by atoms with van der Waals surface area (Å²) >= 11 is 1.51. The summed E-state index contributed by atoms with van der Waals surface area (Å²) in [5.74, 6) is 1.14. The molecule has 1 amide bonds. The normalized spacial score (nSPS) is 14.1. The Morgan fingerprint density at radius 1 is 1.09 bits per heavy atom. The summed E-state index contributed by atoms with van der Waals surface area (Å²) < 4.78 is 5.49. The lowest BCUT2D eigenvalue weighted by Gasteiger charge is -2.15. The molecule has 5 heteroatoms. The molecule has 1 saturated heterocycles. The molecule has 0 unspecified atom stereocenters. The maximum absolute atomic E-state index is 12.1. The Labute approximate surface area is 139 Å². The number of para-hydroxylation sites is 1. The van der Waals surface area contributed by atoms with E-state index in [0.29, 0.717) is 23.8 Å². The molecule has 0 saturated carbocycles. The summed E-state index contributed by atoms with van der Waals surface area (Å²) in [5, 5.41) is 0. The highest BCUT2D eigenvalue weighted by molar-refractivity contribution is 8.00. The van der Waals surface area contributed by atoms with Crippen LogP contribution in [0.2, 0.25) is 0 Å². The van der Waals surface area contributed by atoms with Gasteiger partial charge < -0.3 is 9.64 Å². The first-order chi connectivity index (χ1) is 11.2. The minimum atomic E-state index is -0.402. The Morgan fingerprint density at radius 2 is 1.83 bits per heavy atom. The predicted octanol–water partition coefficient (Wildman–Crippen LogP) is 2.72. The van der Waals surface area contributed by atoms with Crippen molar-refractivity contribution in [1.29, 1.82) is 0 Å². The van der Waals surface area contributed by atoms with Crippen LogP contribution in [0, 0.1) is 0 Å². The van der Waals surface area contributed by atoms with E-state index in [1.165, 1.54) is 16.7 Å². The van der Waals surface area contributed by atoms with Crippen LogP contribution in [-0.2, 0) is 16.0 Å². The molecule has 1 aliphatic rings. The molecular formula is C18H17NO3S. The van der Waals surface area contributed by atoms with Gasteiger partial charge in [-0.05, 0) is 17.2 Å². The van der Waals surface area contributed by atoms with Crippen molar-refractivity contribution in [3.05, 3.63) is 65.7 Å². The first-order valence-corrected chi connectivity index (χ1v) is 8.56. The SMILES string of the molecule is O=C(CN1CSCC1=O)Oc1ccccc1Cc1ccccc1. The standard InChI is InChI=1S/C18H17NO3S/c20-17-12-23-13-19(17)11-18(21)22-16-9-5-4-8-15(16)10-14-6-2-1-3-7-14/h1-9H,10-13H2. The van der Waals surface area contributed by atoms with Crippen LogP contribution in [0.5, 0.6) is 5.75 Å². The van der Waals surface area contributed by atoms with E-state index in [9.17, 15) is 9.59 Å². The number of amides is 1. The van der Waals surface area contributed by atoms with E-state index in [-0.39, 0.29) is 12.5 Å². The number of thioether (sulfide) groups is 1. The molecule has 1 fully saturated rings. The van der Waals surface area contributed by atoms with Gasteiger partial charge in [0.1, 0.15) is 12.3 Å². The largest absolute Gasteiger partial charge is 0.425 e. The summed E-state index contributed by atoms with van der Waals surface area (Å²) in [6, 6.07) is 17.5. The summed E-state index contributed by atoms with van der Waals surface area (Å²) in [4.78, 5) is 25.2. The topological polar surface area (TPSA) is 46.6 Å². The lowest BCUT2D eigenvalue weighted by Crippen LogP contribution is -2.33. The lowest BCUT2D eigenvalue weighted by atomic mass is 10.0. The zero-order valence-electron chi connectivity index (χ0n) is 12.6. The molecule has 0 atom stereocenters. The van der Waals surface area contributed by atoms with E-state index < -0.39 is 5.97 Å². The maximum atomic E-state index is 12.1. The van der Waals surface area contributed by atoms with E-state index >= 15 is 0 Å². The molecule has 23 heavy (non-hydrogen) atoms. The molecule has 3 rings (SSSR count). The minimum Gasteiger partial charge on any atom is -0.425 e. The van der Waals surface area contributed by atoms with Crippen LogP contribution in [0.4, 0.5) is 0 Å². The Bertz CT molecular complexity index is 702. The van der Waals surface area contributed by atoms with E-state index in [1.807, 2.05) is 48.5 Å². The second-order valence-corrected chi connectivity index (χ2v) is 6.27. The Hall–Kier alpha value is -2.27. The molecule has 0 radical (unpaired) electrons. The van der Waals surface area contributed by atoms with Crippen LogP contribution in [0.1, 0.15) is 11.1 Å². The average molecular weight is 327 g/mol. The third-order valence-corrected chi connectivity index (χ3v) is 4.52. The van der Waals surface area contributed by atoms with E-state index in [1.54, 1.807) is 6.07 Å². The van der Waals surface area contributed by atoms with Gasteiger partial charge in [-0.15, -0.1) is 11.8 Å². The first-order valence-electron chi connectivity index (χ1n) is 7.40. The Morgan fingerprint density at radius 3 is 2.57 bits per heavy atom. The van der Waals surface area contributed by atoms with Crippen molar-refractivity contribution in [2.45, 2.75) is 6.42 Å². The van der Waals surface area contributed by atoms with Crippen molar-refractivity contribution in [2.75, 3.05) is 18.2 Å². The number of hydrogen-bond acceptors (Lipinski definition) is 4. The van der Waals surface area contributed by atoms with Gasteiger partial charge in [-0.25, -0.2) is 4.79 Å². The van der Waals surface area contributed by atoms with Crippen molar-refractivity contribution < 1.29 is 14.3 Å². The third kappa shape index (κ3) is 4.13. The third-order valence-electron chi connectivity index (χ3n) is 3.58. The number of hydrogen-bond donors (Lipinski definition) is 0. The minimum absolute atomic E-state index is 0.00546. The predicted molar refractivity (Wildman–Crippen MR) is 90.4 cm³/mol. The molecule has 0 bridgehead atoms. The number of benzene rings is 2. The van der Waals surface area contributed by atoms with Crippen molar-refractivity contribution >= 4 is 23.6 Å². The van der Waals surface area contributed by atoms with Gasteiger partial charge in [0.05, 0.1) is 11.6 Å². The number of esters is 1. The molecule has 1 aliphatic heterocycles. The average Bonchev–Trinajstić information content (AvgIpc) is 2.95. The maximum Gasteiger partial charge on any atom is 0.331 e. The summed E-state index contributed by atoms with van der Waals surface area (Å²) in [6.45, 7) is 0.00546. The van der Waals surface area contributed by atoms with Gasteiger partial charge in [0.15, 0.2) is 0 Å². The quantitative estimate of drug-likeness (QED) is 0.626. The van der Waals surface area contributed by atoms with Gasteiger partial charge in [0, 0.05) is 6.42 Å². The molecule has 0 aliphatic carbocycles. The highest BCUT2D eigenvalue weighted by atomic mass is 32.2. The van der Waals surface area contributed by atoms with Crippen LogP contribution in [0.15, 0.2) is 54.6 Å². The van der Waals surface area contributed by atoms with Crippen molar-refractivity contribution in [3.63, 3.8) is 0 Å². The highest BCUT2D eigenvalue weighted by Crippen LogP contribution is 2.22. The summed E-state index contributed by atoms with van der Waals surface area (Å²) in [6.07, 6.45) is 0.697. The van der Waals surface area contributed by atoms with Crippen LogP contribution in [-0.4, -0.2) is 35.0 Å². The molecule has 4 nitrogen and oxygen atoms in total. The molecule has 0 spiro atoms. The van der Waals surface area contributed by atoms with Crippen LogP contribution >= 0.6 is 11.8 Å². The number of carbonyl (C=O) groups is 2. The fourth-order valence-corrected chi connectivity index (χ4v) is 3.32. The van der Waals surface area contributed by atoms with Gasteiger partial charge in [-0.2, -0.15) is 0 Å². The number of nitrogens with zero attached hydrogens (tertiary/aromatic N) is 1. The highest BCUT2D eigenvalue weighted by Gasteiger charge is 2.24. The monoisotopic (exact) mass is 327 g/mol. The van der Waals surface area contributed by atoms with Crippen LogP contribution < -0.4 is 4.74 Å². The molecule has 2 aromatic rings. The first kappa shape index (κ1) is 15.6. The zero-order chi connectivity index (χ0) is 16.1. The fraction of sp³-hybridized carbons (Fsp3) is 0.222. The molecular weight excluding hydrogens is 310 g/mol. The summed E-state index contributed by atoms with van der Waals surface area (Å²) in [7, 11) is 0. The number of ether oxygens (including phenoxy) is 1. The second-order valence-electron chi connectivity index (χ2n) is 5.31. The molecule has 2 aromatic carbocycles. The number of rotatable bonds is 5. The van der Waals surface area contributed by atoms with E-state index in [4.69, 9.17) is 4.74 Å². The smallest absolute Gasteiger partial charge is 0.331 e. The Balaban J connectivity index is 1.68. The van der Waals surface area contributed by atoms with Crippen molar-refractivity contribution in [2.24, 2.45) is 0 Å². The molecule has 118 valence electrons. The second kappa shape index (κ2) is 7.33. The van der Waals surface area contributed by atoms with Gasteiger partial charge in [0.25, 0.3) is 0 Å². The van der Waals surface area contributed by atoms with Gasteiger partial charge >= 0.3 is 5.97 Å². The summed E-state index contributed by atoms with van der Waals surface area (Å²) in [5.41, 5.74) is 2.11. The van der Waals surface area contributed by atoms with Gasteiger partial charge in [0.2, 0.25) is 5.91 Å². The van der Waals surface area contributed by atoms with E-state index in [0.717, 1.165) is 11.1 Å². The Kier molecular flexibility index (Phi) is 4.98. The molecule has 0 N–H and O–H groups in total. The molecule has 0 aromatic heterocycles. The molecule has 1 heterocycles. The van der Waals surface area contributed by atoms with Crippen LogP contribution in [0.3, 0.4) is 0 Å². The van der Waals surface area contributed by atoms with Gasteiger partial charge in [-0.3, -0.25) is 4.79 Å².